The lowest BCUT2D eigenvalue weighted by Gasteiger charge is -2.29. The fourth-order valence-corrected chi connectivity index (χ4v) is 3.98. The zero-order valence-electron chi connectivity index (χ0n) is 21.0. The Morgan fingerprint density at radius 1 is 1.05 bits per heavy atom. The number of hydrogen-bond donors (Lipinski definition) is 3. The average Bonchev–Trinajstić information content (AvgIpc) is 2.88. The molecular weight excluding hydrogens is 539 g/mol. The lowest BCUT2D eigenvalue weighted by atomic mass is 9.98. The summed E-state index contributed by atoms with van der Waals surface area (Å²) in [5, 5.41) is 14.6. The second-order valence-electron chi connectivity index (χ2n) is 9.04. The van der Waals surface area contributed by atoms with E-state index in [9.17, 15) is 32.7 Å². The van der Waals surface area contributed by atoms with Gasteiger partial charge in [0.1, 0.15) is 18.8 Å². The number of nitrogens with zero attached hydrogens (tertiary/aromatic N) is 1. The predicted molar refractivity (Wildman–Crippen MR) is 140 cm³/mol. The van der Waals surface area contributed by atoms with Crippen LogP contribution in [0.25, 0.3) is 11.3 Å². The van der Waals surface area contributed by atoms with Crippen LogP contribution in [0.5, 0.6) is 0 Å². The molecule has 0 aliphatic rings. The van der Waals surface area contributed by atoms with Gasteiger partial charge in [-0.15, -0.1) is 0 Å². The average molecular weight is 566 g/mol. The molecule has 2 atom stereocenters. The maximum Gasteiger partial charge on any atom is 0.416 e. The normalized spacial score (nSPS) is 13.0. The van der Waals surface area contributed by atoms with E-state index in [1.807, 2.05) is 0 Å². The molecule has 0 radical (unpaired) electrons. The number of anilines is 1. The Labute approximate surface area is 227 Å². The first-order chi connectivity index (χ1) is 18.4. The summed E-state index contributed by atoms with van der Waals surface area (Å²) in [6, 6.07) is 16.3. The molecule has 3 N–H and O–H groups in total. The third-order valence-corrected chi connectivity index (χ3v) is 6.00. The van der Waals surface area contributed by atoms with Crippen LogP contribution in [0.2, 0.25) is 5.02 Å². The van der Waals surface area contributed by atoms with Crippen molar-refractivity contribution in [2.24, 2.45) is 5.92 Å². The molecule has 0 saturated heterocycles. The molecule has 1 aromatic heterocycles. The van der Waals surface area contributed by atoms with Crippen LogP contribution in [0, 0.1) is 5.92 Å². The first-order valence-corrected chi connectivity index (χ1v) is 12.3. The summed E-state index contributed by atoms with van der Waals surface area (Å²) in [4.78, 5) is 38.6. The van der Waals surface area contributed by atoms with Gasteiger partial charge in [0.15, 0.2) is 6.10 Å². The number of carbonyl (C=O) groups excluding carboxylic acids is 2. The van der Waals surface area contributed by atoms with Crippen molar-refractivity contribution in [2.75, 3.05) is 5.32 Å². The molecule has 1 heterocycles. The molecule has 0 aliphatic carbocycles. The van der Waals surface area contributed by atoms with Crippen molar-refractivity contribution >= 4 is 29.3 Å². The van der Waals surface area contributed by atoms with Gasteiger partial charge < -0.3 is 15.2 Å². The molecule has 0 spiro atoms. The maximum atomic E-state index is 13.4. The van der Waals surface area contributed by atoms with Crippen molar-refractivity contribution in [1.29, 1.82) is 0 Å². The number of rotatable bonds is 9. The van der Waals surface area contributed by atoms with Crippen molar-refractivity contribution in [3.05, 3.63) is 87.7 Å². The van der Waals surface area contributed by atoms with Crippen LogP contribution in [0.3, 0.4) is 0 Å². The molecule has 208 valence electrons. The number of aliphatic hydroxyl groups is 1. The number of ether oxygens (including phenoxy) is 1. The molecule has 0 bridgehead atoms. The van der Waals surface area contributed by atoms with Gasteiger partial charge in [-0.05, 0) is 41.3 Å². The van der Waals surface area contributed by atoms with Gasteiger partial charge >= 0.3 is 12.3 Å². The van der Waals surface area contributed by atoms with Crippen LogP contribution in [0.1, 0.15) is 19.4 Å². The topological polar surface area (TPSA) is 110 Å². The Hall–Kier alpha value is -3.83. The van der Waals surface area contributed by atoms with E-state index >= 15 is 0 Å². The van der Waals surface area contributed by atoms with Crippen LogP contribution in [0.4, 0.5) is 23.7 Å². The van der Waals surface area contributed by atoms with Crippen LogP contribution < -0.4 is 16.2 Å². The van der Waals surface area contributed by atoms with Gasteiger partial charge in [-0.25, -0.2) is 4.79 Å². The Morgan fingerprint density at radius 3 is 2.36 bits per heavy atom. The molecule has 39 heavy (non-hydrogen) atoms. The SMILES string of the molecule is CC(C)C(NC(=O)Cn1c(-c2cccc(Cl)c2)ccc(NC(=O)OCc2ccccc2)c1=O)C(O)C(F)(F)F. The number of nitrogens with one attached hydrogen (secondary N) is 2. The summed E-state index contributed by atoms with van der Waals surface area (Å²) in [5.41, 5.74) is 0.359. The van der Waals surface area contributed by atoms with Crippen LogP contribution in [-0.4, -0.2) is 40.0 Å². The van der Waals surface area contributed by atoms with Crippen molar-refractivity contribution in [3.8, 4) is 11.3 Å². The third kappa shape index (κ3) is 8.08. The number of benzene rings is 2. The van der Waals surface area contributed by atoms with E-state index < -0.39 is 48.3 Å². The maximum absolute atomic E-state index is 13.4. The fourth-order valence-electron chi connectivity index (χ4n) is 3.79. The molecular formula is C27H27ClF3N3O5. The predicted octanol–water partition coefficient (Wildman–Crippen LogP) is 4.98. The number of aliphatic hydroxyl groups excluding tert-OH is 1. The highest BCUT2D eigenvalue weighted by molar-refractivity contribution is 6.30. The number of carbonyl (C=O) groups is 2. The molecule has 0 aliphatic heterocycles. The van der Waals surface area contributed by atoms with Crippen molar-refractivity contribution in [1.82, 2.24) is 9.88 Å². The van der Waals surface area contributed by atoms with Crippen molar-refractivity contribution in [3.63, 3.8) is 0 Å². The zero-order valence-corrected chi connectivity index (χ0v) is 21.8. The van der Waals surface area contributed by atoms with Gasteiger partial charge in [-0.1, -0.05) is 67.9 Å². The molecule has 3 aromatic rings. The molecule has 3 rings (SSSR count). The number of amides is 2. The second-order valence-corrected chi connectivity index (χ2v) is 9.48. The highest BCUT2D eigenvalue weighted by Crippen LogP contribution is 2.26. The van der Waals surface area contributed by atoms with E-state index in [4.69, 9.17) is 16.3 Å². The number of aromatic nitrogens is 1. The third-order valence-electron chi connectivity index (χ3n) is 5.77. The number of pyridine rings is 1. The van der Waals surface area contributed by atoms with E-state index in [1.165, 1.54) is 32.0 Å². The van der Waals surface area contributed by atoms with E-state index in [0.29, 0.717) is 10.6 Å². The first-order valence-electron chi connectivity index (χ1n) is 11.9. The zero-order chi connectivity index (χ0) is 28.7. The minimum atomic E-state index is -4.96. The molecule has 0 fully saturated rings. The summed E-state index contributed by atoms with van der Waals surface area (Å²) >= 11 is 6.08. The molecule has 2 amide bonds. The van der Waals surface area contributed by atoms with Crippen molar-refractivity contribution in [2.45, 2.75) is 45.3 Å². The minimum absolute atomic E-state index is 0.0536. The number of halogens is 4. The highest BCUT2D eigenvalue weighted by atomic mass is 35.5. The molecule has 0 saturated carbocycles. The first kappa shape index (κ1) is 29.7. The quantitative estimate of drug-likeness (QED) is 0.339. The van der Waals surface area contributed by atoms with Gasteiger partial charge in [0.05, 0.1) is 11.7 Å². The fraction of sp³-hybridized carbons (Fsp3) is 0.296. The molecule has 2 unspecified atom stereocenters. The summed E-state index contributed by atoms with van der Waals surface area (Å²) in [6.07, 6.45) is -8.69. The minimum Gasteiger partial charge on any atom is -0.444 e. The lowest BCUT2D eigenvalue weighted by molar-refractivity contribution is -0.215. The molecule has 2 aromatic carbocycles. The second kappa shape index (κ2) is 12.8. The van der Waals surface area contributed by atoms with Crippen LogP contribution >= 0.6 is 11.6 Å². The molecule has 12 heteroatoms. The summed E-state index contributed by atoms with van der Waals surface area (Å²) in [7, 11) is 0. The number of alkyl halides is 3. The summed E-state index contributed by atoms with van der Waals surface area (Å²) in [5.74, 6) is -1.73. The monoisotopic (exact) mass is 565 g/mol. The highest BCUT2D eigenvalue weighted by Gasteiger charge is 2.45. The smallest absolute Gasteiger partial charge is 0.416 e. The number of hydrogen-bond acceptors (Lipinski definition) is 5. The Balaban J connectivity index is 1.89. The van der Waals surface area contributed by atoms with Crippen LogP contribution in [0.15, 0.2) is 71.5 Å². The van der Waals surface area contributed by atoms with E-state index in [1.54, 1.807) is 48.5 Å². The van der Waals surface area contributed by atoms with E-state index in [0.717, 1.165) is 10.1 Å². The van der Waals surface area contributed by atoms with Crippen LogP contribution in [-0.2, 0) is 22.7 Å². The standard InChI is InChI=1S/C27H27ClF3N3O5/c1-16(2)23(24(36)27(29,30)31)33-22(35)14-34-21(18-9-6-10-19(28)13-18)12-11-20(25(34)37)32-26(38)39-15-17-7-4-3-5-8-17/h3-13,16,23-24,36H,14-15H2,1-2H3,(H,32,38)(H,33,35). The summed E-state index contributed by atoms with van der Waals surface area (Å²) in [6.45, 7) is 2.06. The Kier molecular flexibility index (Phi) is 9.76. The Morgan fingerprint density at radius 2 is 1.74 bits per heavy atom. The van der Waals surface area contributed by atoms with Gasteiger partial charge in [0.25, 0.3) is 5.56 Å². The van der Waals surface area contributed by atoms with Crippen molar-refractivity contribution < 1.29 is 32.6 Å². The van der Waals surface area contributed by atoms with E-state index in [-0.39, 0.29) is 18.0 Å². The summed E-state index contributed by atoms with van der Waals surface area (Å²) < 4.78 is 45.6. The largest absolute Gasteiger partial charge is 0.444 e. The van der Waals surface area contributed by atoms with Gasteiger partial charge in [0.2, 0.25) is 5.91 Å². The Bertz CT molecular complexity index is 1360. The van der Waals surface area contributed by atoms with E-state index in [2.05, 4.69) is 10.6 Å². The van der Waals surface area contributed by atoms with Gasteiger partial charge in [-0.3, -0.25) is 19.5 Å². The lowest BCUT2D eigenvalue weighted by Crippen LogP contribution is -2.53. The molecule has 8 nitrogen and oxygen atoms in total. The van der Waals surface area contributed by atoms with Gasteiger partial charge in [-0.2, -0.15) is 13.2 Å². The van der Waals surface area contributed by atoms with Gasteiger partial charge in [0, 0.05) is 5.02 Å².